The van der Waals surface area contributed by atoms with Gasteiger partial charge in [-0.15, -0.1) is 0 Å². The van der Waals surface area contributed by atoms with E-state index >= 15 is 0 Å². The van der Waals surface area contributed by atoms with Crippen molar-refractivity contribution in [2.75, 3.05) is 26.2 Å². The number of benzene rings is 2. The van der Waals surface area contributed by atoms with Crippen LogP contribution in [0.4, 0.5) is 5.69 Å². The molecule has 4 rings (SSSR count). The van der Waals surface area contributed by atoms with E-state index in [1.54, 1.807) is 6.07 Å². The maximum atomic E-state index is 11.7. The number of nitrogens with zero attached hydrogens (tertiary/aromatic N) is 3. The Balaban J connectivity index is 1.41. The molecule has 0 aromatic heterocycles. The van der Waals surface area contributed by atoms with Gasteiger partial charge in [0.15, 0.2) is 0 Å². The lowest BCUT2D eigenvalue weighted by Crippen LogP contribution is -2.29. The molecule has 0 amide bonds. The van der Waals surface area contributed by atoms with E-state index in [1.165, 1.54) is 68.9 Å². The molecule has 2 fully saturated rings. The topological polar surface area (TPSA) is 49.6 Å². The van der Waals surface area contributed by atoms with Crippen LogP contribution in [-0.2, 0) is 13.1 Å². The van der Waals surface area contributed by atoms with Gasteiger partial charge in [-0.3, -0.25) is 19.9 Å². The zero-order valence-corrected chi connectivity index (χ0v) is 18.4. The van der Waals surface area contributed by atoms with Crippen molar-refractivity contribution in [3.8, 4) is 0 Å². The van der Waals surface area contributed by atoms with E-state index in [4.69, 9.17) is 0 Å². The molecule has 0 radical (unpaired) electrons. The second-order valence-corrected chi connectivity index (χ2v) is 9.59. The average molecular weight is 426 g/mol. The number of nitro groups is 1. The zero-order chi connectivity index (χ0) is 20.8. The van der Waals surface area contributed by atoms with Gasteiger partial charge in [-0.2, -0.15) is 0 Å². The first-order valence-corrected chi connectivity index (χ1v) is 12.0. The third kappa shape index (κ3) is 5.84. The molecular formula is C24H31N3O2S. The van der Waals surface area contributed by atoms with Gasteiger partial charge in [0.2, 0.25) is 0 Å². The quantitative estimate of drug-likeness (QED) is 0.420. The monoisotopic (exact) mass is 425 g/mol. The van der Waals surface area contributed by atoms with Crippen molar-refractivity contribution in [1.29, 1.82) is 0 Å². The van der Waals surface area contributed by atoms with E-state index in [-0.39, 0.29) is 10.6 Å². The third-order valence-corrected chi connectivity index (χ3v) is 7.15. The van der Waals surface area contributed by atoms with E-state index < -0.39 is 0 Å². The van der Waals surface area contributed by atoms with Crippen LogP contribution in [0.2, 0.25) is 0 Å². The van der Waals surface area contributed by atoms with Gasteiger partial charge in [0.05, 0.1) is 9.82 Å². The Kier molecular flexibility index (Phi) is 7.42. The van der Waals surface area contributed by atoms with Crippen molar-refractivity contribution >= 4 is 17.4 Å². The molecule has 2 saturated heterocycles. The highest BCUT2D eigenvalue weighted by Crippen LogP contribution is 2.36. The second kappa shape index (κ2) is 10.4. The Labute approximate surface area is 183 Å². The van der Waals surface area contributed by atoms with E-state index in [2.05, 4.69) is 40.1 Å². The van der Waals surface area contributed by atoms with Crippen LogP contribution in [0.25, 0.3) is 0 Å². The summed E-state index contributed by atoms with van der Waals surface area (Å²) < 4.78 is 0. The molecule has 2 aliphatic heterocycles. The Bertz CT molecular complexity index is 844. The Hall–Kier alpha value is -1.89. The van der Waals surface area contributed by atoms with Crippen LogP contribution in [0.15, 0.2) is 52.3 Å². The van der Waals surface area contributed by atoms with Crippen LogP contribution in [0.5, 0.6) is 0 Å². The van der Waals surface area contributed by atoms with Crippen molar-refractivity contribution in [1.82, 2.24) is 9.80 Å². The van der Waals surface area contributed by atoms with Crippen molar-refractivity contribution in [2.24, 2.45) is 0 Å². The molecule has 6 heteroatoms. The van der Waals surface area contributed by atoms with Crippen molar-refractivity contribution in [3.63, 3.8) is 0 Å². The summed E-state index contributed by atoms with van der Waals surface area (Å²) >= 11 is 1.48. The minimum absolute atomic E-state index is 0.215. The maximum Gasteiger partial charge on any atom is 0.283 e. The lowest BCUT2D eigenvalue weighted by Gasteiger charge is -2.26. The van der Waals surface area contributed by atoms with E-state index in [1.807, 2.05) is 6.07 Å². The van der Waals surface area contributed by atoms with Crippen molar-refractivity contribution < 1.29 is 4.92 Å². The predicted octanol–water partition coefficient (Wildman–Crippen LogP) is 5.72. The minimum Gasteiger partial charge on any atom is -0.299 e. The number of hydrogen-bond donors (Lipinski definition) is 0. The highest BCUT2D eigenvalue weighted by atomic mass is 32.2. The lowest BCUT2D eigenvalue weighted by atomic mass is 10.1. The first-order valence-electron chi connectivity index (χ1n) is 11.2. The fraction of sp³-hybridized carbons (Fsp3) is 0.500. The van der Waals surface area contributed by atoms with Gasteiger partial charge >= 0.3 is 0 Å². The van der Waals surface area contributed by atoms with E-state index in [0.29, 0.717) is 4.90 Å². The molecule has 0 spiro atoms. The minimum atomic E-state index is -0.243. The van der Waals surface area contributed by atoms with Crippen LogP contribution in [-0.4, -0.2) is 40.9 Å². The first kappa shape index (κ1) is 21.3. The summed E-state index contributed by atoms with van der Waals surface area (Å²) in [7, 11) is 0. The molecular weight excluding hydrogens is 394 g/mol. The number of piperidine rings is 2. The number of nitro benzene ring substituents is 1. The highest BCUT2D eigenvalue weighted by Gasteiger charge is 2.18. The Morgan fingerprint density at radius 1 is 0.767 bits per heavy atom. The zero-order valence-electron chi connectivity index (χ0n) is 17.6. The van der Waals surface area contributed by atoms with Crippen LogP contribution in [0, 0.1) is 10.1 Å². The van der Waals surface area contributed by atoms with Gasteiger partial charge in [0.25, 0.3) is 5.69 Å². The molecule has 0 bridgehead atoms. The van der Waals surface area contributed by atoms with Crippen LogP contribution in [0.1, 0.15) is 49.7 Å². The Morgan fingerprint density at radius 3 is 1.87 bits per heavy atom. The molecule has 2 aliphatic rings. The fourth-order valence-corrected chi connectivity index (χ4v) is 5.33. The lowest BCUT2D eigenvalue weighted by molar-refractivity contribution is -0.387. The second-order valence-electron chi connectivity index (χ2n) is 8.48. The smallest absolute Gasteiger partial charge is 0.283 e. The first-order chi connectivity index (χ1) is 14.7. The van der Waals surface area contributed by atoms with Crippen LogP contribution < -0.4 is 0 Å². The van der Waals surface area contributed by atoms with Gasteiger partial charge < -0.3 is 0 Å². The van der Waals surface area contributed by atoms with Gasteiger partial charge in [-0.1, -0.05) is 42.8 Å². The van der Waals surface area contributed by atoms with Crippen LogP contribution >= 0.6 is 11.8 Å². The van der Waals surface area contributed by atoms with Crippen molar-refractivity contribution in [3.05, 3.63) is 63.7 Å². The average Bonchev–Trinajstić information content (AvgIpc) is 2.77. The summed E-state index contributed by atoms with van der Waals surface area (Å²) in [5.74, 6) is 0. The largest absolute Gasteiger partial charge is 0.299 e. The van der Waals surface area contributed by atoms with Gasteiger partial charge in [0, 0.05) is 24.1 Å². The maximum absolute atomic E-state index is 11.7. The molecule has 2 heterocycles. The molecule has 2 aromatic carbocycles. The molecule has 0 saturated carbocycles. The fourth-order valence-electron chi connectivity index (χ4n) is 4.43. The SMILES string of the molecule is O=[N+]([O-])c1cc(CN2CCCCC2)ccc1Sc1ccc(CN2CCCCC2)cc1. The molecule has 0 unspecified atom stereocenters. The summed E-state index contributed by atoms with van der Waals surface area (Å²) in [5, 5.41) is 11.7. The molecule has 30 heavy (non-hydrogen) atoms. The van der Waals surface area contributed by atoms with E-state index in [0.717, 1.165) is 36.6 Å². The number of rotatable bonds is 7. The molecule has 2 aromatic rings. The molecule has 5 nitrogen and oxygen atoms in total. The van der Waals surface area contributed by atoms with Gasteiger partial charge in [-0.05, 0) is 81.2 Å². The van der Waals surface area contributed by atoms with Crippen LogP contribution in [0.3, 0.4) is 0 Å². The molecule has 0 N–H and O–H groups in total. The van der Waals surface area contributed by atoms with Crippen molar-refractivity contribution in [2.45, 2.75) is 61.4 Å². The summed E-state index contributed by atoms with van der Waals surface area (Å²) in [6.07, 6.45) is 7.69. The number of hydrogen-bond acceptors (Lipinski definition) is 5. The summed E-state index contributed by atoms with van der Waals surface area (Å²) in [5.41, 5.74) is 2.56. The standard InChI is InChI=1S/C24H31N3O2S/c28-27(29)23-17-21(19-26-15-5-2-6-16-26)9-12-24(23)30-22-10-7-20(8-11-22)18-25-13-3-1-4-14-25/h7-12,17H,1-6,13-16,18-19H2. The van der Waals surface area contributed by atoms with Gasteiger partial charge in [0.1, 0.15) is 0 Å². The third-order valence-electron chi connectivity index (χ3n) is 6.08. The predicted molar refractivity (Wildman–Crippen MR) is 122 cm³/mol. The van der Waals surface area contributed by atoms with Gasteiger partial charge in [-0.25, -0.2) is 0 Å². The van der Waals surface area contributed by atoms with E-state index in [9.17, 15) is 10.1 Å². The normalized spacial score (nSPS) is 18.4. The molecule has 0 atom stereocenters. The Morgan fingerprint density at radius 2 is 1.30 bits per heavy atom. The summed E-state index contributed by atoms with van der Waals surface area (Å²) in [6.45, 7) is 6.36. The summed E-state index contributed by atoms with van der Waals surface area (Å²) in [6, 6.07) is 14.2. The number of likely N-dealkylation sites (tertiary alicyclic amines) is 2. The molecule has 0 aliphatic carbocycles. The highest BCUT2D eigenvalue weighted by molar-refractivity contribution is 7.99. The summed E-state index contributed by atoms with van der Waals surface area (Å²) in [4.78, 5) is 18.1. The molecule has 160 valence electrons.